The molecule has 11 heteroatoms. The number of ether oxygens (including phenoxy) is 2. The van der Waals surface area contributed by atoms with Crippen molar-refractivity contribution >= 4 is 23.4 Å². The van der Waals surface area contributed by atoms with Crippen LogP contribution >= 0.6 is 0 Å². The Labute approximate surface area is 288 Å². The second kappa shape index (κ2) is 17.0. The van der Waals surface area contributed by atoms with Gasteiger partial charge in [0.1, 0.15) is 5.60 Å². The van der Waals surface area contributed by atoms with Gasteiger partial charge >= 0.3 is 0 Å². The van der Waals surface area contributed by atoms with E-state index in [-0.39, 0.29) is 35.5 Å². The van der Waals surface area contributed by atoms with Gasteiger partial charge in [0, 0.05) is 31.5 Å². The summed E-state index contributed by atoms with van der Waals surface area (Å²) < 4.78 is 16.3. The van der Waals surface area contributed by atoms with Gasteiger partial charge < -0.3 is 24.6 Å². The molecule has 5 rings (SSSR count). The van der Waals surface area contributed by atoms with E-state index in [4.69, 9.17) is 14.0 Å². The predicted octanol–water partition coefficient (Wildman–Crippen LogP) is 3.95. The van der Waals surface area contributed by atoms with Crippen molar-refractivity contribution in [1.29, 1.82) is 0 Å². The number of amides is 2. The number of nitrogens with one attached hydrogen (secondary N) is 2. The van der Waals surface area contributed by atoms with Gasteiger partial charge in [-0.3, -0.25) is 24.1 Å². The van der Waals surface area contributed by atoms with Crippen molar-refractivity contribution in [2.75, 3.05) is 32.9 Å². The molecule has 2 amide bonds. The number of Topliss-reactive ketones (excluding diaryl/α,β-unsaturated/α-hetero) is 2. The fourth-order valence-corrected chi connectivity index (χ4v) is 6.13. The van der Waals surface area contributed by atoms with Crippen LogP contribution < -0.4 is 10.6 Å². The second-order valence-electron chi connectivity index (χ2n) is 13.7. The number of epoxide rings is 1. The zero-order valence-corrected chi connectivity index (χ0v) is 28.7. The molecule has 1 aromatic heterocycles. The first-order valence-electron chi connectivity index (χ1n) is 17.3. The van der Waals surface area contributed by atoms with E-state index in [1.54, 1.807) is 13.0 Å². The van der Waals surface area contributed by atoms with Crippen molar-refractivity contribution in [3.8, 4) is 0 Å². The summed E-state index contributed by atoms with van der Waals surface area (Å²) in [5.41, 5.74) is 1.10. The summed E-state index contributed by atoms with van der Waals surface area (Å²) in [6, 6.07) is 19.2. The van der Waals surface area contributed by atoms with E-state index < -0.39 is 29.5 Å². The molecule has 0 bridgehead atoms. The van der Waals surface area contributed by atoms with Gasteiger partial charge in [0.05, 0.1) is 38.4 Å². The Bertz CT molecular complexity index is 1550. The molecule has 2 aliphatic heterocycles. The molecule has 49 heavy (non-hydrogen) atoms. The molecule has 3 heterocycles. The lowest BCUT2D eigenvalue weighted by Crippen LogP contribution is -2.49. The predicted molar refractivity (Wildman–Crippen MR) is 183 cm³/mol. The lowest BCUT2D eigenvalue weighted by Gasteiger charge is -2.25. The monoisotopic (exact) mass is 672 g/mol. The van der Waals surface area contributed by atoms with E-state index in [9.17, 15) is 19.2 Å². The molecule has 0 unspecified atom stereocenters. The number of nitrogens with zero attached hydrogens (tertiary/aromatic N) is 2. The maximum Gasteiger partial charge on any atom is 0.274 e. The molecule has 3 aromatic rings. The maximum atomic E-state index is 14.1. The van der Waals surface area contributed by atoms with Crippen molar-refractivity contribution in [2.45, 2.75) is 77.1 Å². The number of rotatable bonds is 18. The fourth-order valence-electron chi connectivity index (χ4n) is 6.13. The summed E-state index contributed by atoms with van der Waals surface area (Å²) >= 11 is 0. The lowest BCUT2D eigenvalue weighted by atomic mass is 9.88. The highest BCUT2D eigenvalue weighted by atomic mass is 16.6. The van der Waals surface area contributed by atoms with Gasteiger partial charge in [-0.25, -0.2) is 0 Å². The van der Waals surface area contributed by atoms with Crippen molar-refractivity contribution in [3.05, 3.63) is 89.3 Å². The third kappa shape index (κ3) is 10.6. The van der Waals surface area contributed by atoms with Gasteiger partial charge in [0.25, 0.3) is 5.91 Å². The SMILES string of the molecule is CC(C)C[C@H](NC(=O)[C@@H](CC(=O)[C@H](CCc1ccccc1)NC(=O)c1cc(CN2CCOCC2)on1)Cc1ccccc1)C(=O)[C@@]1(C)CO1. The molecule has 2 N–H and O–H groups in total. The molecule has 2 saturated heterocycles. The third-order valence-electron chi connectivity index (χ3n) is 9.12. The molecular formula is C38H48N4O7. The van der Waals surface area contributed by atoms with Crippen LogP contribution in [0.3, 0.4) is 0 Å². The van der Waals surface area contributed by atoms with E-state index >= 15 is 0 Å². The highest BCUT2D eigenvalue weighted by Gasteiger charge is 2.50. The summed E-state index contributed by atoms with van der Waals surface area (Å²) in [5, 5.41) is 9.86. The maximum absolute atomic E-state index is 14.1. The minimum Gasteiger partial charge on any atom is -0.379 e. The first-order valence-corrected chi connectivity index (χ1v) is 17.3. The number of hydrogen-bond donors (Lipinski definition) is 2. The number of carbonyl (C=O) groups excluding carboxylic acids is 4. The number of aryl methyl sites for hydroxylation is 1. The Morgan fingerprint density at radius 1 is 0.918 bits per heavy atom. The fraction of sp³-hybridized carbons (Fsp3) is 0.500. The molecule has 2 fully saturated rings. The van der Waals surface area contributed by atoms with E-state index in [0.717, 1.165) is 24.2 Å². The normalized spacial score (nSPS) is 19.5. The highest BCUT2D eigenvalue weighted by molar-refractivity contribution is 5.99. The number of ketones is 2. The van der Waals surface area contributed by atoms with Crippen molar-refractivity contribution in [1.82, 2.24) is 20.7 Å². The second-order valence-corrected chi connectivity index (χ2v) is 13.7. The molecule has 2 aliphatic rings. The van der Waals surface area contributed by atoms with Crippen LogP contribution in [0, 0.1) is 11.8 Å². The molecule has 0 aliphatic carbocycles. The Morgan fingerprint density at radius 3 is 2.20 bits per heavy atom. The van der Waals surface area contributed by atoms with Gasteiger partial charge in [-0.15, -0.1) is 0 Å². The molecular weight excluding hydrogens is 624 g/mol. The van der Waals surface area contributed by atoms with Crippen LogP contribution in [0.4, 0.5) is 0 Å². The van der Waals surface area contributed by atoms with Crippen molar-refractivity contribution in [2.24, 2.45) is 11.8 Å². The van der Waals surface area contributed by atoms with Crippen molar-refractivity contribution < 1.29 is 33.2 Å². The Kier molecular flexibility index (Phi) is 12.5. The molecule has 4 atom stereocenters. The van der Waals surface area contributed by atoms with Crippen LogP contribution in [0.15, 0.2) is 71.3 Å². The quantitative estimate of drug-likeness (QED) is 0.192. The smallest absolute Gasteiger partial charge is 0.274 e. The number of benzene rings is 2. The van der Waals surface area contributed by atoms with Crippen LogP contribution in [-0.2, 0) is 43.2 Å². The van der Waals surface area contributed by atoms with Crippen LogP contribution in [0.1, 0.15) is 67.4 Å². The van der Waals surface area contributed by atoms with Gasteiger partial charge in [-0.2, -0.15) is 0 Å². The van der Waals surface area contributed by atoms with Crippen LogP contribution in [0.5, 0.6) is 0 Å². The zero-order valence-electron chi connectivity index (χ0n) is 28.7. The molecule has 0 saturated carbocycles. The third-order valence-corrected chi connectivity index (χ3v) is 9.12. The van der Waals surface area contributed by atoms with E-state index in [0.29, 0.717) is 57.8 Å². The number of carbonyl (C=O) groups is 4. The standard InChI is InChI=1S/C38H48N4O7/c1-26(2)20-32(35(44)38(3)25-48-38)40-36(45)29(21-28-12-8-5-9-13-28)22-34(43)31(15-14-27-10-6-4-7-11-27)39-37(46)33-23-30(49-41-33)24-42-16-18-47-19-17-42/h4-13,23,26,29,31-32H,14-22,24-25H2,1-3H3,(H,39,46)(H,40,45)/t29-,31+,32+,38-/m1/s1. The van der Waals surface area contributed by atoms with Gasteiger partial charge in [-0.05, 0) is 49.7 Å². The first-order chi connectivity index (χ1) is 23.6. The summed E-state index contributed by atoms with van der Waals surface area (Å²) in [7, 11) is 0. The summed E-state index contributed by atoms with van der Waals surface area (Å²) in [5.74, 6) is -1.40. The summed E-state index contributed by atoms with van der Waals surface area (Å²) in [4.78, 5) is 57.0. The average Bonchev–Trinajstić information content (AvgIpc) is 3.68. The number of morpholine rings is 1. The minimum atomic E-state index is -0.895. The molecule has 262 valence electrons. The zero-order chi connectivity index (χ0) is 34.8. The highest BCUT2D eigenvalue weighted by Crippen LogP contribution is 2.30. The van der Waals surface area contributed by atoms with Crippen LogP contribution in [0.2, 0.25) is 0 Å². The summed E-state index contributed by atoms with van der Waals surface area (Å²) in [6.07, 6.45) is 1.49. The molecule has 11 nitrogen and oxygen atoms in total. The number of aromatic nitrogens is 1. The van der Waals surface area contributed by atoms with Gasteiger partial charge in [0.2, 0.25) is 5.91 Å². The first kappa shape index (κ1) is 36.1. The van der Waals surface area contributed by atoms with Gasteiger partial charge in [-0.1, -0.05) is 79.7 Å². The Morgan fingerprint density at radius 2 is 1.57 bits per heavy atom. The van der Waals surface area contributed by atoms with E-state index in [2.05, 4.69) is 20.7 Å². The summed E-state index contributed by atoms with van der Waals surface area (Å²) in [6.45, 7) is 9.34. The van der Waals surface area contributed by atoms with Crippen LogP contribution in [0.25, 0.3) is 0 Å². The number of hydrogen-bond acceptors (Lipinski definition) is 9. The topological polar surface area (TPSA) is 143 Å². The Hall–Kier alpha value is -4.19. The molecule has 2 aromatic carbocycles. The van der Waals surface area contributed by atoms with E-state index in [1.807, 2.05) is 74.5 Å². The van der Waals surface area contributed by atoms with Gasteiger partial charge in [0.15, 0.2) is 23.0 Å². The largest absolute Gasteiger partial charge is 0.379 e. The lowest BCUT2D eigenvalue weighted by molar-refractivity contribution is -0.134. The Balaban J connectivity index is 1.32. The minimum absolute atomic E-state index is 0.0881. The molecule has 0 radical (unpaired) electrons. The molecule has 0 spiro atoms. The average molecular weight is 673 g/mol. The van der Waals surface area contributed by atoms with E-state index in [1.165, 1.54) is 0 Å². The van der Waals surface area contributed by atoms with Crippen LogP contribution in [-0.4, -0.2) is 84.0 Å². The van der Waals surface area contributed by atoms with Crippen molar-refractivity contribution in [3.63, 3.8) is 0 Å².